The average Bonchev–Trinajstić information content (AvgIpc) is 3.12. The van der Waals surface area contributed by atoms with E-state index in [-0.39, 0.29) is 11.5 Å². The normalized spacial score (nSPS) is 40.7. The first-order valence-electron chi connectivity index (χ1n) is 15.2. The summed E-state index contributed by atoms with van der Waals surface area (Å²) in [7, 11) is 0. The fourth-order valence-corrected chi connectivity index (χ4v) is 9.41. The van der Waals surface area contributed by atoms with Gasteiger partial charge in [-0.3, -0.25) is 9.59 Å². The Kier molecular flexibility index (Phi) is 9.04. The Morgan fingerprint density at radius 2 is 1.49 bits per heavy atom. The lowest BCUT2D eigenvalue weighted by molar-refractivity contribution is -0.156. The monoisotopic (exact) mass is 488 g/mol. The quantitative estimate of drug-likeness (QED) is 0.278. The van der Waals surface area contributed by atoms with Gasteiger partial charge in [-0.05, 0) is 85.4 Å². The molecule has 4 heteroatoms. The predicted octanol–water partition coefficient (Wildman–Crippen LogP) is 7.56. The molecule has 0 aromatic rings. The minimum atomic E-state index is -0.670. The molecule has 8 atom stereocenters. The van der Waals surface area contributed by atoms with Crippen molar-refractivity contribution < 1.29 is 19.8 Å². The third kappa shape index (κ3) is 5.83. The van der Waals surface area contributed by atoms with Crippen molar-refractivity contribution in [1.29, 1.82) is 0 Å². The molecule has 0 unspecified atom stereocenters. The van der Waals surface area contributed by atoms with Crippen LogP contribution in [-0.2, 0) is 9.59 Å². The van der Waals surface area contributed by atoms with Gasteiger partial charge in [0.2, 0.25) is 0 Å². The first-order chi connectivity index (χ1) is 16.8. The summed E-state index contributed by atoms with van der Waals surface area (Å²) in [6.07, 6.45) is 21.0. The van der Waals surface area contributed by atoms with Crippen molar-refractivity contribution in [2.24, 2.45) is 40.4 Å². The van der Waals surface area contributed by atoms with E-state index >= 15 is 0 Å². The van der Waals surface area contributed by atoms with Gasteiger partial charge in [0.05, 0.1) is 6.10 Å². The Morgan fingerprint density at radius 3 is 2.17 bits per heavy atom. The van der Waals surface area contributed by atoms with Crippen LogP contribution in [-0.4, -0.2) is 28.1 Å². The first-order valence-corrected chi connectivity index (χ1v) is 15.2. The second-order valence-corrected chi connectivity index (χ2v) is 13.5. The summed E-state index contributed by atoms with van der Waals surface area (Å²) in [4.78, 5) is 23.0. The van der Waals surface area contributed by atoms with Crippen molar-refractivity contribution in [2.75, 3.05) is 0 Å². The maximum Gasteiger partial charge on any atom is 0.303 e. The van der Waals surface area contributed by atoms with Gasteiger partial charge in [-0.25, -0.2) is 0 Å². The number of aliphatic hydroxyl groups excluding tert-OH is 1. The van der Waals surface area contributed by atoms with Crippen LogP contribution in [0.4, 0.5) is 0 Å². The van der Waals surface area contributed by atoms with Crippen molar-refractivity contribution in [3.63, 3.8) is 0 Å². The van der Waals surface area contributed by atoms with Crippen molar-refractivity contribution in [1.82, 2.24) is 0 Å². The molecule has 2 N–H and O–H groups in total. The molecule has 4 fully saturated rings. The Balaban J connectivity index is 1.28. The number of carboxylic acids is 1. The number of aliphatic hydroxyl groups is 1. The van der Waals surface area contributed by atoms with E-state index in [0.717, 1.165) is 56.3 Å². The molecule has 4 saturated carbocycles. The minimum absolute atomic E-state index is 0.114. The van der Waals surface area contributed by atoms with Gasteiger partial charge in [0.1, 0.15) is 5.78 Å². The molecule has 0 spiro atoms. The second-order valence-electron chi connectivity index (χ2n) is 13.5. The second kappa shape index (κ2) is 11.7. The maximum absolute atomic E-state index is 12.4. The van der Waals surface area contributed by atoms with Crippen LogP contribution in [0, 0.1) is 40.4 Å². The zero-order chi connectivity index (χ0) is 25.1. The van der Waals surface area contributed by atoms with E-state index in [1.165, 1.54) is 77.0 Å². The van der Waals surface area contributed by atoms with Crippen LogP contribution in [0.5, 0.6) is 0 Å². The fraction of sp³-hybridized carbons (Fsp3) is 0.935. The van der Waals surface area contributed by atoms with Crippen LogP contribution in [0.3, 0.4) is 0 Å². The topological polar surface area (TPSA) is 74.6 Å². The van der Waals surface area contributed by atoms with Crippen LogP contribution < -0.4 is 0 Å². The van der Waals surface area contributed by atoms with Crippen molar-refractivity contribution >= 4 is 11.8 Å². The number of carbonyl (C=O) groups is 2. The summed E-state index contributed by atoms with van der Waals surface area (Å²) < 4.78 is 0. The summed E-state index contributed by atoms with van der Waals surface area (Å²) >= 11 is 0. The molecule has 0 aromatic heterocycles. The van der Waals surface area contributed by atoms with E-state index in [0.29, 0.717) is 29.5 Å². The number of hydrogen-bond donors (Lipinski definition) is 2. The fourth-order valence-electron chi connectivity index (χ4n) is 9.41. The Hall–Kier alpha value is -0.900. The van der Waals surface area contributed by atoms with Crippen LogP contribution in [0.15, 0.2) is 0 Å². The number of rotatable bonds is 12. The minimum Gasteiger partial charge on any atom is -0.481 e. The van der Waals surface area contributed by atoms with Gasteiger partial charge in [0.15, 0.2) is 0 Å². The molecule has 200 valence electrons. The van der Waals surface area contributed by atoms with Gasteiger partial charge in [-0.1, -0.05) is 71.6 Å². The van der Waals surface area contributed by atoms with E-state index in [4.69, 9.17) is 5.11 Å². The lowest BCUT2D eigenvalue weighted by Crippen LogP contribution is -2.57. The third-order valence-electron chi connectivity index (χ3n) is 11.6. The summed E-state index contributed by atoms with van der Waals surface area (Å²) in [6, 6.07) is 0. The number of hydrogen-bond acceptors (Lipinski definition) is 3. The lowest BCUT2D eigenvalue weighted by Gasteiger charge is -2.62. The highest BCUT2D eigenvalue weighted by atomic mass is 16.4. The molecule has 4 rings (SSSR count). The average molecular weight is 489 g/mol. The Bertz CT molecular complexity index is 733. The van der Waals surface area contributed by atoms with Crippen LogP contribution in [0.1, 0.15) is 136 Å². The van der Waals surface area contributed by atoms with Crippen molar-refractivity contribution in [3.05, 3.63) is 0 Å². The maximum atomic E-state index is 12.4. The Labute approximate surface area is 214 Å². The highest BCUT2D eigenvalue weighted by Crippen LogP contribution is 2.67. The van der Waals surface area contributed by atoms with Crippen LogP contribution in [0.25, 0.3) is 0 Å². The molecule has 4 nitrogen and oxygen atoms in total. The zero-order valence-electron chi connectivity index (χ0n) is 22.6. The highest BCUT2D eigenvalue weighted by Gasteiger charge is 2.62. The largest absolute Gasteiger partial charge is 0.481 e. The number of carboxylic acid groups (broad SMARTS) is 1. The molecule has 0 radical (unpaired) electrons. The van der Waals surface area contributed by atoms with E-state index in [2.05, 4.69) is 13.8 Å². The summed E-state index contributed by atoms with van der Waals surface area (Å²) in [5.41, 5.74) is 0.464. The standard InChI is InChI=1S/C31H52O4/c1-30-18-16-24(32)21-23(30)20-22(12-10-8-6-4-3-5-7-9-11-13-28(34)35)29-25-14-15-27(33)31(25,2)19-17-26(29)30/h22-23,25-27,29,33H,3-21H2,1-2H3,(H,34,35)/t22-,23-,25-,26-,27-,29-,30-,31-/m0/s1. The number of fused-ring (bicyclic) bond motifs is 5. The van der Waals surface area contributed by atoms with Crippen molar-refractivity contribution in [3.8, 4) is 0 Å². The predicted molar refractivity (Wildman–Crippen MR) is 140 cm³/mol. The van der Waals surface area contributed by atoms with E-state index in [1.54, 1.807) is 0 Å². The molecule has 0 heterocycles. The molecule has 4 aliphatic rings. The SMILES string of the molecule is C[C@]12CCC(=O)C[C@@H]1C[C@H](CCCCCCCCCCCC(=O)O)[C@@H]1[C@@H]2CC[C@]2(C)[C@@H](O)CC[C@@H]12. The number of ketones is 1. The van der Waals surface area contributed by atoms with Gasteiger partial charge >= 0.3 is 5.97 Å². The number of aliphatic carboxylic acids is 1. The lowest BCUT2D eigenvalue weighted by atomic mass is 9.42. The Morgan fingerprint density at radius 1 is 0.857 bits per heavy atom. The molecule has 35 heavy (non-hydrogen) atoms. The van der Waals surface area contributed by atoms with E-state index in [9.17, 15) is 14.7 Å². The smallest absolute Gasteiger partial charge is 0.303 e. The van der Waals surface area contributed by atoms with Gasteiger partial charge in [-0.2, -0.15) is 0 Å². The van der Waals surface area contributed by atoms with Gasteiger partial charge in [0, 0.05) is 19.3 Å². The van der Waals surface area contributed by atoms with Crippen LogP contribution >= 0.6 is 0 Å². The molecular weight excluding hydrogens is 436 g/mol. The summed E-state index contributed by atoms with van der Waals surface area (Å²) in [5.74, 6) is 3.35. The van der Waals surface area contributed by atoms with Crippen LogP contribution in [0.2, 0.25) is 0 Å². The molecule has 0 saturated heterocycles. The molecule has 0 aliphatic heterocycles. The highest BCUT2D eigenvalue weighted by molar-refractivity contribution is 5.79. The van der Waals surface area contributed by atoms with E-state index in [1.807, 2.05) is 0 Å². The third-order valence-corrected chi connectivity index (χ3v) is 11.6. The zero-order valence-corrected chi connectivity index (χ0v) is 22.6. The first kappa shape index (κ1) is 27.1. The number of Topliss-reactive ketones (excluding diaryl/α,β-unsaturated/α-hetero) is 1. The van der Waals surface area contributed by atoms with Gasteiger partial charge < -0.3 is 10.2 Å². The summed E-state index contributed by atoms with van der Waals surface area (Å²) in [5, 5.41) is 19.6. The molecular formula is C31H52O4. The molecule has 4 aliphatic carbocycles. The molecule has 0 aromatic carbocycles. The number of carbonyl (C=O) groups excluding carboxylic acids is 1. The number of unbranched alkanes of at least 4 members (excludes halogenated alkanes) is 8. The van der Waals surface area contributed by atoms with Gasteiger partial charge in [-0.15, -0.1) is 0 Å². The van der Waals surface area contributed by atoms with Crippen molar-refractivity contribution in [2.45, 2.75) is 142 Å². The molecule has 0 amide bonds. The van der Waals surface area contributed by atoms with E-state index < -0.39 is 5.97 Å². The molecule has 0 bridgehead atoms. The van der Waals surface area contributed by atoms with Gasteiger partial charge in [0.25, 0.3) is 0 Å². The summed E-state index contributed by atoms with van der Waals surface area (Å²) in [6.45, 7) is 4.93.